The first-order valence-corrected chi connectivity index (χ1v) is 14.3. The summed E-state index contributed by atoms with van der Waals surface area (Å²) in [5, 5.41) is 24.4. The van der Waals surface area contributed by atoms with Crippen LogP contribution in [0, 0.1) is 5.92 Å². The van der Waals surface area contributed by atoms with Crippen molar-refractivity contribution in [1.29, 1.82) is 0 Å². The van der Waals surface area contributed by atoms with Crippen molar-refractivity contribution in [2.45, 2.75) is 31.8 Å². The molecular weight excluding hydrogens is 572 g/mol. The number of allylic oxidation sites excluding steroid dienone is 11. The first kappa shape index (κ1) is 32.3. The van der Waals surface area contributed by atoms with E-state index >= 15 is 0 Å². The molecule has 0 radical (unpaired) electrons. The molecule has 2 rings (SSSR count). The van der Waals surface area contributed by atoms with Gasteiger partial charge < -0.3 is 15.1 Å². The monoisotopic (exact) mass is 608 g/mol. The van der Waals surface area contributed by atoms with Gasteiger partial charge in [-0.2, -0.15) is 0 Å². The summed E-state index contributed by atoms with van der Waals surface area (Å²) in [5.41, 5.74) is 8.20. The topological polar surface area (TPSA) is 56.6 Å². The van der Waals surface area contributed by atoms with E-state index in [1.807, 2.05) is 74.5 Å². The maximum absolute atomic E-state index is 12.4. The first-order valence-electron chi connectivity index (χ1n) is 12.8. The van der Waals surface area contributed by atoms with Gasteiger partial charge in [0, 0.05) is 51.8 Å². The molecule has 0 amide bonds. The van der Waals surface area contributed by atoms with Gasteiger partial charge in [-0.05, 0) is 63.6 Å². The Hall–Kier alpha value is -2.88. The summed E-state index contributed by atoms with van der Waals surface area (Å²) in [6.07, 6.45) is 21.9. The molecule has 1 heterocycles. The number of pyridine rings is 1. The number of aromatic nitrogens is 1. The Balaban J connectivity index is 2.68. The molecule has 2 unspecified atom stereocenters. The molecule has 0 spiro atoms. The molecule has 39 heavy (non-hydrogen) atoms. The molecule has 1 aromatic heterocycles. The minimum Gasteiger partial charge on any atom is -0.493 e. The van der Waals surface area contributed by atoms with E-state index in [-0.39, 0.29) is 12.3 Å². The van der Waals surface area contributed by atoms with Gasteiger partial charge in [-0.25, -0.2) is 4.98 Å². The summed E-state index contributed by atoms with van der Waals surface area (Å²) in [5.74, 6) is -0.608. The Bertz CT molecular complexity index is 1290. The van der Waals surface area contributed by atoms with Gasteiger partial charge in [0.2, 0.25) is 5.88 Å². The highest BCUT2D eigenvalue weighted by atomic mass is 79.9. The van der Waals surface area contributed by atoms with E-state index in [9.17, 15) is 10.2 Å². The van der Waals surface area contributed by atoms with Gasteiger partial charge in [0.15, 0.2) is 0 Å². The second-order valence-corrected chi connectivity index (χ2v) is 10.6. The van der Waals surface area contributed by atoms with Crippen LogP contribution in [0.5, 0.6) is 5.88 Å². The van der Waals surface area contributed by atoms with Crippen molar-refractivity contribution in [2.24, 2.45) is 5.92 Å². The molecule has 0 aliphatic heterocycles. The van der Waals surface area contributed by atoms with Crippen LogP contribution in [-0.2, 0) is 6.42 Å². The van der Waals surface area contributed by atoms with Crippen molar-refractivity contribution in [1.82, 2.24) is 9.88 Å². The summed E-state index contributed by atoms with van der Waals surface area (Å²) in [7, 11) is 3.92. The van der Waals surface area contributed by atoms with Gasteiger partial charge in [-0.3, -0.25) is 0 Å². The molecule has 1 aromatic rings. The van der Waals surface area contributed by atoms with Crippen LogP contribution in [0.1, 0.15) is 30.9 Å². The van der Waals surface area contributed by atoms with E-state index in [2.05, 4.69) is 45.5 Å². The minimum atomic E-state index is -1.40. The molecule has 1 aliphatic rings. The van der Waals surface area contributed by atoms with E-state index in [4.69, 9.17) is 11.6 Å². The summed E-state index contributed by atoms with van der Waals surface area (Å²) < 4.78 is 0. The number of hydrogen-bond donors (Lipinski definition) is 2. The van der Waals surface area contributed by atoms with Gasteiger partial charge in [0.05, 0.1) is 0 Å². The molecule has 206 valence electrons. The zero-order valence-corrected chi connectivity index (χ0v) is 25.3. The highest BCUT2D eigenvalue weighted by Gasteiger charge is 2.41. The lowest BCUT2D eigenvalue weighted by atomic mass is 9.71. The summed E-state index contributed by atoms with van der Waals surface area (Å²) >= 11 is 9.76. The number of rotatable bonds is 15. The van der Waals surface area contributed by atoms with Crippen molar-refractivity contribution < 1.29 is 10.2 Å². The molecule has 2 N–H and O–H groups in total. The van der Waals surface area contributed by atoms with Gasteiger partial charge in [-0.1, -0.05) is 101 Å². The lowest BCUT2D eigenvalue weighted by Gasteiger charge is -2.38. The fraction of sp³-hybridized carbons (Fsp3) is 0.303. The minimum absolute atomic E-state index is 0.0894. The Kier molecular flexibility index (Phi) is 13.5. The van der Waals surface area contributed by atoms with Gasteiger partial charge >= 0.3 is 0 Å². The van der Waals surface area contributed by atoms with Gasteiger partial charge in [-0.15, -0.1) is 0 Å². The number of alkyl halides is 1. The number of aliphatic hydroxyl groups is 1. The molecule has 4 nitrogen and oxygen atoms in total. The number of nitrogens with zero attached hydrogens (tertiary/aromatic N) is 2. The maximum atomic E-state index is 12.4. The van der Waals surface area contributed by atoms with E-state index < -0.39 is 11.5 Å². The average molecular weight is 610 g/mol. The highest BCUT2D eigenvalue weighted by molar-refractivity contribution is 9.09. The third-order valence-corrected chi connectivity index (χ3v) is 6.95. The fourth-order valence-electron chi connectivity index (χ4n) is 4.26. The van der Waals surface area contributed by atoms with Crippen molar-refractivity contribution in [2.75, 3.05) is 26.0 Å². The summed E-state index contributed by atoms with van der Waals surface area (Å²) in [6, 6.07) is 1.90. The molecule has 0 saturated heterocycles. The van der Waals surface area contributed by atoms with Crippen LogP contribution < -0.4 is 0 Å². The molecule has 0 saturated carbocycles. The van der Waals surface area contributed by atoms with Crippen LogP contribution in [-0.4, -0.2) is 51.7 Å². The summed E-state index contributed by atoms with van der Waals surface area (Å²) in [4.78, 5) is 6.30. The SMILES string of the molecule is C=C/C=C(\C=C/CBr)c1cnc(O)c(CC(C(=C)/C=C\C/C=C\C)C(O)(CCN(C)C)C2=C=C=CC(Cl)=C2)c1. The van der Waals surface area contributed by atoms with Crippen LogP contribution in [0.3, 0.4) is 0 Å². The third kappa shape index (κ3) is 9.67. The van der Waals surface area contributed by atoms with Crippen molar-refractivity contribution in [3.63, 3.8) is 0 Å². The largest absolute Gasteiger partial charge is 0.493 e. The Morgan fingerprint density at radius 3 is 2.69 bits per heavy atom. The molecular formula is C33H38BrClN2O2. The van der Waals surface area contributed by atoms with E-state index in [0.29, 0.717) is 34.5 Å². The van der Waals surface area contributed by atoms with Crippen LogP contribution >= 0.6 is 27.5 Å². The standard InChI is InChI=1S/C33H38BrClN2O2/c1-6-8-9-10-14-25(3)31(33(39,18-20-37(4)5)29-16-11-17-30(35)23-29)22-27-21-28(24-36-32(27)38)26(13-7-2)15-12-19-34/h6-8,10,12-15,17,21,23-24,31,39H,2-3,9,18-20,22H2,1,4-5H3,(H,36,38)/b8-6-,14-10-,15-12-,26-13+. The Morgan fingerprint density at radius 2 is 2.05 bits per heavy atom. The van der Waals surface area contributed by atoms with Crippen molar-refractivity contribution >= 4 is 33.1 Å². The predicted octanol–water partition coefficient (Wildman–Crippen LogP) is 7.60. The van der Waals surface area contributed by atoms with Crippen LogP contribution in [0.15, 0.2) is 114 Å². The average Bonchev–Trinajstić information content (AvgIpc) is 2.91. The molecule has 6 heteroatoms. The van der Waals surface area contributed by atoms with Gasteiger partial charge in [0.25, 0.3) is 0 Å². The second kappa shape index (κ2) is 16.3. The molecule has 0 bridgehead atoms. The maximum Gasteiger partial charge on any atom is 0.214 e. The molecule has 0 aromatic carbocycles. The van der Waals surface area contributed by atoms with Crippen molar-refractivity contribution in [3.05, 3.63) is 125 Å². The first-order chi connectivity index (χ1) is 18.7. The normalized spacial score (nSPS) is 16.2. The van der Waals surface area contributed by atoms with E-state index in [0.717, 1.165) is 23.1 Å². The predicted molar refractivity (Wildman–Crippen MR) is 169 cm³/mol. The van der Waals surface area contributed by atoms with Crippen LogP contribution in [0.4, 0.5) is 0 Å². The lowest BCUT2D eigenvalue weighted by molar-refractivity contribution is 0.0216. The smallest absolute Gasteiger partial charge is 0.214 e. The number of halogens is 2. The lowest BCUT2D eigenvalue weighted by Crippen LogP contribution is -2.43. The van der Waals surface area contributed by atoms with Crippen LogP contribution in [0.2, 0.25) is 0 Å². The van der Waals surface area contributed by atoms with Crippen LogP contribution in [0.25, 0.3) is 5.57 Å². The summed E-state index contributed by atoms with van der Waals surface area (Å²) in [6.45, 7) is 10.8. The van der Waals surface area contributed by atoms with Gasteiger partial charge in [0.1, 0.15) is 5.60 Å². The zero-order chi connectivity index (χ0) is 28.8. The fourth-order valence-corrected chi connectivity index (χ4v) is 4.61. The second-order valence-electron chi connectivity index (χ2n) is 9.49. The van der Waals surface area contributed by atoms with E-state index in [1.54, 1.807) is 24.4 Å². The molecule has 1 aliphatic carbocycles. The zero-order valence-electron chi connectivity index (χ0n) is 23.0. The van der Waals surface area contributed by atoms with Crippen molar-refractivity contribution in [3.8, 4) is 5.88 Å². The van der Waals surface area contributed by atoms with E-state index in [1.165, 1.54) is 0 Å². The molecule has 0 fully saturated rings. The molecule has 2 atom stereocenters. The third-order valence-electron chi connectivity index (χ3n) is 6.35. The number of aromatic hydroxyl groups is 1. The highest BCUT2D eigenvalue weighted by Crippen LogP contribution is 2.40. The Labute approximate surface area is 246 Å². The Morgan fingerprint density at radius 1 is 1.28 bits per heavy atom. The quantitative estimate of drug-likeness (QED) is 0.0931. The number of hydrogen-bond acceptors (Lipinski definition) is 4.